The molecule has 0 aliphatic rings. The van der Waals surface area contributed by atoms with E-state index in [0.717, 1.165) is 60.8 Å². The van der Waals surface area contributed by atoms with Crippen molar-refractivity contribution in [3.63, 3.8) is 0 Å². The molecule has 5 heteroatoms. The van der Waals surface area contributed by atoms with Gasteiger partial charge in [0.15, 0.2) is 17.5 Å². The van der Waals surface area contributed by atoms with Crippen molar-refractivity contribution in [3.05, 3.63) is 200 Å². The smallest absolute Gasteiger partial charge is 0.165 e. The molecule has 0 N–H and O–H groups in total. The number of rotatable bonds is 5. The summed E-state index contributed by atoms with van der Waals surface area (Å²) in [4.78, 5) is 25.2. The van der Waals surface area contributed by atoms with Crippen LogP contribution in [-0.2, 0) is 0 Å². The number of nitrogens with zero attached hydrogens (tertiary/aromatic N) is 5. The standard InChI is InChI=1S/C55H33N5/c1-3-13-36-30-49-38(23-34(36)11-1)17-9-19-47(49)42-27-43(48-20-10-18-39-24-35-12-2-4-14-37(35)31-50(39)48)29-44(28-42)53-58-54(45-25-40-15-5-7-21-51(40)56-32-45)60-55(59-53)46-26-41-16-6-8-22-52(41)57-33-46/h1-33H. The summed E-state index contributed by atoms with van der Waals surface area (Å²) in [5.74, 6) is 1.65. The van der Waals surface area contributed by atoms with E-state index in [1.807, 2.05) is 48.8 Å². The van der Waals surface area contributed by atoms with Crippen LogP contribution >= 0.6 is 0 Å². The molecule has 9 aromatic carbocycles. The minimum atomic E-state index is 0.543. The van der Waals surface area contributed by atoms with E-state index < -0.39 is 0 Å². The average molecular weight is 764 g/mol. The van der Waals surface area contributed by atoms with Crippen LogP contribution in [0.2, 0.25) is 0 Å². The molecule has 3 heterocycles. The number of para-hydroxylation sites is 2. The monoisotopic (exact) mass is 763 g/mol. The quantitative estimate of drug-likeness (QED) is 0.163. The molecule has 278 valence electrons. The molecule has 0 aliphatic carbocycles. The SMILES string of the molecule is c1ccc2cc3c(-c4cc(-c5nc(-c6cnc7ccccc7c6)nc(-c6cnc7ccccc7c6)n5)cc(-c5cccc6cc7ccccc7cc56)c4)cccc3cc2c1. The van der Waals surface area contributed by atoms with Crippen molar-refractivity contribution in [1.29, 1.82) is 0 Å². The lowest BCUT2D eigenvalue weighted by atomic mass is 9.90. The third-order valence-corrected chi connectivity index (χ3v) is 11.6. The first-order valence-electron chi connectivity index (χ1n) is 20.1. The molecule has 12 rings (SSSR count). The van der Waals surface area contributed by atoms with Crippen LogP contribution < -0.4 is 0 Å². The zero-order valence-corrected chi connectivity index (χ0v) is 32.3. The Kier molecular flexibility index (Phi) is 7.78. The van der Waals surface area contributed by atoms with E-state index in [9.17, 15) is 0 Å². The number of pyridine rings is 2. The molecule has 0 spiro atoms. The van der Waals surface area contributed by atoms with Gasteiger partial charge in [-0.3, -0.25) is 9.97 Å². The summed E-state index contributed by atoms with van der Waals surface area (Å²) in [7, 11) is 0. The summed E-state index contributed by atoms with van der Waals surface area (Å²) < 4.78 is 0. The largest absolute Gasteiger partial charge is 0.255 e. The van der Waals surface area contributed by atoms with Crippen LogP contribution in [0.5, 0.6) is 0 Å². The second-order valence-electron chi connectivity index (χ2n) is 15.4. The van der Waals surface area contributed by atoms with Gasteiger partial charge in [-0.05, 0) is 132 Å². The van der Waals surface area contributed by atoms with Crippen LogP contribution in [0.25, 0.3) is 121 Å². The van der Waals surface area contributed by atoms with Crippen LogP contribution in [0.1, 0.15) is 0 Å². The summed E-state index contributed by atoms with van der Waals surface area (Å²) in [6.07, 6.45) is 3.71. The average Bonchev–Trinajstić information content (AvgIpc) is 3.31. The van der Waals surface area contributed by atoms with Crippen LogP contribution in [0.15, 0.2) is 200 Å². The molecule has 3 aromatic heterocycles. The molecule has 0 aliphatic heterocycles. The molecular formula is C55H33N5. The third kappa shape index (κ3) is 5.91. The van der Waals surface area contributed by atoms with Crippen LogP contribution in [0.3, 0.4) is 0 Å². The van der Waals surface area contributed by atoms with Crippen molar-refractivity contribution in [3.8, 4) is 56.4 Å². The maximum atomic E-state index is 5.26. The molecule has 0 saturated heterocycles. The molecule has 0 atom stereocenters. The molecular weight excluding hydrogens is 731 g/mol. The maximum absolute atomic E-state index is 5.26. The summed E-state index contributed by atoms with van der Waals surface area (Å²) >= 11 is 0. The van der Waals surface area contributed by atoms with Crippen LogP contribution in [-0.4, -0.2) is 24.9 Å². The van der Waals surface area contributed by atoms with Gasteiger partial charge in [0, 0.05) is 39.9 Å². The Morgan fingerprint density at radius 3 is 1.08 bits per heavy atom. The Morgan fingerprint density at radius 2 is 0.617 bits per heavy atom. The lowest BCUT2D eigenvalue weighted by Crippen LogP contribution is -2.01. The predicted molar refractivity (Wildman–Crippen MR) is 248 cm³/mol. The number of hydrogen-bond acceptors (Lipinski definition) is 5. The normalized spacial score (nSPS) is 11.7. The third-order valence-electron chi connectivity index (χ3n) is 11.6. The number of fused-ring (bicyclic) bond motifs is 6. The minimum Gasteiger partial charge on any atom is -0.255 e. The number of aromatic nitrogens is 5. The predicted octanol–water partition coefficient (Wildman–Crippen LogP) is 13.9. The highest BCUT2D eigenvalue weighted by molar-refractivity contribution is 6.08. The Labute approximate surface area is 345 Å². The Morgan fingerprint density at radius 1 is 0.250 bits per heavy atom. The lowest BCUT2D eigenvalue weighted by molar-refractivity contribution is 1.07. The highest BCUT2D eigenvalue weighted by Crippen LogP contribution is 2.40. The first-order valence-corrected chi connectivity index (χ1v) is 20.1. The van der Waals surface area contributed by atoms with E-state index in [1.54, 1.807) is 0 Å². The maximum Gasteiger partial charge on any atom is 0.165 e. The van der Waals surface area contributed by atoms with Crippen molar-refractivity contribution in [1.82, 2.24) is 24.9 Å². The van der Waals surface area contributed by atoms with Crippen LogP contribution in [0.4, 0.5) is 0 Å². The second-order valence-corrected chi connectivity index (χ2v) is 15.4. The molecule has 0 amide bonds. The lowest BCUT2D eigenvalue weighted by Gasteiger charge is -2.15. The van der Waals surface area contributed by atoms with Crippen molar-refractivity contribution >= 4 is 64.9 Å². The van der Waals surface area contributed by atoms with Gasteiger partial charge >= 0.3 is 0 Å². The van der Waals surface area contributed by atoms with Crippen molar-refractivity contribution in [2.75, 3.05) is 0 Å². The highest BCUT2D eigenvalue weighted by atomic mass is 15.0. The second kappa shape index (κ2) is 13.8. The Balaban J connectivity index is 1.13. The zero-order chi connectivity index (χ0) is 39.6. The minimum absolute atomic E-state index is 0.543. The summed E-state index contributed by atoms with van der Waals surface area (Å²) in [6.45, 7) is 0. The summed E-state index contributed by atoms with van der Waals surface area (Å²) in [5.41, 5.74) is 8.75. The van der Waals surface area contributed by atoms with Gasteiger partial charge in [-0.25, -0.2) is 15.0 Å². The van der Waals surface area contributed by atoms with Gasteiger partial charge in [-0.1, -0.05) is 121 Å². The van der Waals surface area contributed by atoms with E-state index in [-0.39, 0.29) is 0 Å². The molecule has 0 saturated carbocycles. The number of hydrogen-bond donors (Lipinski definition) is 0. The van der Waals surface area contributed by atoms with Crippen molar-refractivity contribution < 1.29 is 0 Å². The van der Waals surface area contributed by atoms with Crippen LogP contribution in [0, 0.1) is 0 Å². The van der Waals surface area contributed by atoms with E-state index >= 15 is 0 Å². The number of benzene rings is 9. The highest BCUT2D eigenvalue weighted by Gasteiger charge is 2.18. The van der Waals surface area contributed by atoms with E-state index in [2.05, 4.69) is 152 Å². The topological polar surface area (TPSA) is 64.5 Å². The van der Waals surface area contributed by atoms with Gasteiger partial charge < -0.3 is 0 Å². The molecule has 0 radical (unpaired) electrons. The van der Waals surface area contributed by atoms with Crippen molar-refractivity contribution in [2.24, 2.45) is 0 Å². The first kappa shape index (κ1) is 33.9. The Bertz CT molecular complexity index is 3450. The van der Waals surface area contributed by atoms with Gasteiger partial charge in [0.2, 0.25) is 0 Å². The van der Waals surface area contributed by atoms with E-state index in [4.69, 9.17) is 24.9 Å². The summed E-state index contributed by atoms with van der Waals surface area (Å²) in [5, 5.41) is 11.6. The molecule has 0 unspecified atom stereocenters. The fourth-order valence-corrected chi connectivity index (χ4v) is 8.65. The van der Waals surface area contributed by atoms with E-state index in [0.29, 0.717) is 17.5 Å². The fraction of sp³-hybridized carbons (Fsp3) is 0. The molecule has 0 fully saturated rings. The molecule has 5 nitrogen and oxygen atoms in total. The zero-order valence-electron chi connectivity index (χ0n) is 32.3. The van der Waals surface area contributed by atoms with Crippen molar-refractivity contribution in [2.45, 2.75) is 0 Å². The van der Waals surface area contributed by atoms with Gasteiger partial charge in [0.1, 0.15) is 0 Å². The van der Waals surface area contributed by atoms with Gasteiger partial charge in [0.25, 0.3) is 0 Å². The summed E-state index contributed by atoms with van der Waals surface area (Å²) in [6, 6.07) is 66.7. The molecule has 12 aromatic rings. The van der Waals surface area contributed by atoms with Gasteiger partial charge in [-0.15, -0.1) is 0 Å². The Hall–Kier alpha value is -8.15. The van der Waals surface area contributed by atoms with Gasteiger partial charge in [-0.2, -0.15) is 0 Å². The van der Waals surface area contributed by atoms with Gasteiger partial charge in [0.05, 0.1) is 11.0 Å². The van der Waals surface area contributed by atoms with E-state index in [1.165, 1.54) is 43.1 Å². The fourth-order valence-electron chi connectivity index (χ4n) is 8.65. The molecule has 0 bridgehead atoms. The first-order chi connectivity index (χ1) is 29.7. The molecule has 60 heavy (non-hydrogen) atoms.